The van der Waals surface area contributed by atoms with Crippen molar-refractivity contribution in [2.45, 2.75) is 6.42 Å². The van der Waals surface area contributed by atoms with E-state index < -0.39 is 16.6 Å². The van der Waals surface area contributed by atoms with Crippen LogP contribution in [-0.4, -0.2) is 40.9 Å². The Kier molecular flexibility index (Phi) is 7.66. The van der Waals surface area contributed by atoms with Crippen molar-refractivity contribution >= 4 is 17.3 Å². The number of nitro benzene ring substituents is 1. The topological polar surface area (TPSA) is 109 Å². The van der Waals surface area contributed by atoms with E-state index in [-0.39, 0.29) is 24.4 Å². The number of rotatable bonds is 10. The van der Waals surface area contributed by atoms with Crippen LogP contribution in [0.25, 0.3) is 16.9 Å². The molecular weight excluding hydrogens is 467 g/mol. The van der Waals surface area contributed by atoms with Crippen molar-refractivity contribution in [3.8, 4) is 22.7 Å². The third-order valence-corrected chi connectivity index (χ3v) is 5.27. The van der Waals surface area contributed by atoms with E-state index in [9.17, 15) is 19.3 Å². The molecule has 0 unspecified atom stereocenters. The van der Waals surface area contributed by atoms with E-state index in [0.717, 1.165) is 5.69 Å². The van der Waals surface area contributed by atoms with Gasteiger partial charge in [-0.25, -0.2) is 9.07 Å². The molecule has 0 saturated carbocycles. The molecule has 0 fully saturated rings. The fourth-order valence-corrected chi connectivity index (χ4v) is 3.56. The average Bonchev–Trinajstić information content (AvgIpc) is 3.29. The number of hydrogen-bond donors (Lipinski definition) is 1. The lowest BCUT2D eigenvalue weighted by Gasteiger charge is -2.12. The maximum Gasteiger partial charge on any atom is 0.269 e. The lowest BCUT2D eigenvalue weighted by molar-refractivity contribution is -0.384. The Morgan fingerprint density at radius 3 is 2.53 bits per heavy atom. The van der Waals surface area contributed by atoms with Crippen molar-refractivity contribution in [1.29, 1.82) is 0 Å². The van der Waals surface area contributed by atoms with Gasteiger partial charge in [0, 0.05) is 42.6 Å². The number of methoxy groups -OCH3 is 1. The molecule has 0 aliphatic carbocycles. The van der Waals surface area contributed by atoms with Gasteiger partial charge >= 0.3 is 0 Å². The van der Waals surface area contributed by atoms with E-state index in [4.69, 9.17) is 9.47 Å². The number of halogens is 1. The van der Waals surface area contributed by atoms with Gasteiger partial charge in [0.2, 0.25) is 5.91 Å². The van der Waals surface area contributed by atoms with Gasteiger partial charge in [-0.05, 0) is 36.4 Å². The monoisotopic (exact) mass is 490 g/mol. The Balaban J connectivity index is 1.62. The molecule has 0 bridgehead atoms. The van der Waals surface area contributed by atoms with Gasteiger partial charge in [0.25, 0.3) is 5.69 Å². The molecule has 0 spiro atoms. The molecule has 0 aliphatic heterocycles. The molecule has 1 aromatic heterocycles. The Morgan fingerprint density at radius 1 is 1.08 bits per heavy atom. The minimum Gasteiger partial charge on any atom is -0.489 e. The fraction of sp³-hybridized carbons (Fsp3) is 0.154. The Bertz CT molecular complexity index is 1360. The van der Waals surface area contributed by atoms with Crippen LogP contribution in [0, 0.1) is 15.9 Å². The summed E-state index contributed by atoms with van der Waals surface area (Å²) in [6.07, 6.45) is 1.65. The summed E-state index contributed by atoms with van der Waals surface area (Å²) in [5.41, 5.74) is 2.64. The summed E-state index contributed by atoms with van der Waals surface area (Å²) in [6.45, 7) is 0.571. The summed E-state index contributed by atoms with van der Waals surface area (Å²) < 4.78 is 26.1. The molecule has 0 aliphatic rings. The Morgan fingerprint density at radius 2 is 1.83 bits per heavy atom. The molecule has 0 radical (unpaired) electrons. The predicted octanol–water partition coefficient (Wildman–Crippen LogP) is 4.79. The summed E-state index contributed by atoms with van der Waals surface area (Å²) >= 11 is 0. The third-order valence-electron chi connectivity index (χ3n) is 5.27. The number of benzene rings is 3. The van der Waals surface area contributed by atoms with Gasteiger partial charge in [0.05, 0.1) is 35.0 Å². The fourth-order valence-electron chi connectivity index (χ4n) is 3.56. The molecule has 4 rings (SSSR count). The molecule has 0 saturated heterocycles. The molecule has 1 N–H and O–H groups in total. The van der Waals surface area contributed by atoms with Crippen LogP contribution >= 0.6 is 0 Å². The van der Waals surface area contributed by atoms with E-state index in [1.54, 1.807) is 23.0 Å². The van der Waals surface area contributed by atoms with Crippen molar-refractivity contribution < 1.29 is 23.6 Å². The van der Waals surface area contributed by atoms with Gasteiger partial charge in [-0.2, -0.15) is 5.10 Å². The quantitative estimate of drug-likeness (QED) is 0.194. The number of carbonyl (C=O) groups is 1. The van der Waals surface area contributed by atoms with Crippen LogP contribution in [0.4, 0.5) is 15.8 Å². The molecule has 1 amide bonds. The van der Waals surface area contributed by atoms with Crippen LogP contribution in [0.15, 0.2) is 79.0 Å². The van der Waals surface area contributed by atoms with Crippen LogP contribution < -0.4 is 10.1 Å². The van der Waals surface area contributed by atoms with E-state index >= 15 is 0 Å². The molecule has 184 valence electrons. The summed E-state index contributed by atoms with van der Waals surface area (Å²) in [5.74, 6) is -0.613. The van der Waals surface area contributed by atoms with Gasteiger partial charge < -0.3 is 14.8 Å². The lowest BCUT2D eigenvalue weighted by atomic mass is 10.1. The van der Waals surface area contributed by atoms with E-state index in [1.807, 2.05) is 30.3 Å². The van der Waals surface area contributed by atoms with Crippen molar-refractivity contribution in [3.63, 3.8) is 0 Å². The first kappa shape index (κ1) is 24.6. The number of nitrogens with zero attached hydrogens (tertiary/aromatic N) is 3. The van der Waals surface area contributed by atoms with Gasteiger partial charge in [-0.1, -0.05) is 18.2 Å². The van der Waals surface area contributed by atoms with Crippen LogP contribution in [-0.2, 0) is 16.0 Å². The average molecular weight is 490 g/mol. The summed E-state index contributed by atoms with van der Waals surface area (Å²) in [6, 6.07) is 19.2. The standard InChI is InChI=1S/C26H23FN4O5/c1-35-13-14-36-24-12-9-20(27)16-23(24)28-25(32)15-19-17-30(21-5-3-2-4-6-21)29-26(19)18-7-10-22(11-8-18)31(33)34/h2-12,16-17H,13-15H2,1H3,(H,28,32). The maximum atomic E-state index is 13.9. The highest BCUT2D eigenvalue weighted by atomic mass is 19.1. The molecule has 1 heterocycles. The molecule has 0 atom stereocenters. The van der Waals surface area contributed by atoms with Crippen molar-refractivity contribution in [2.24, 2.45) is 0 Å². The number of para-hydroxylation sites is 1. The Hall–Kier alpha value is -4.57. The highest BCUT2D eigenvalue weighted by molar-refractivity contribution is 5.94. The van der Waals surface area contributed by atoms with Crippen molar-refractivity contribution in [2.75, 3.05) is 25.6 Å². The number of ether oxygens (including phenoxy) is 2. The largest absolute Gasteiger partial charge is 0.489 e. The first-order chi connectivity index (χ1) is 17.4. The molecular formula is C26H23FN4O5. The first-order valence-corrected chi connectivity index (χ1v) is 11.0. The maximum absolute atomic E-state index is 13.9. The van der Waals surface area contributed by atoms with Gasteiger partial charge in [0.1, 0.15) is 18.2 Å². The second-order valence-corrected chi connectivity index (χ2v) is 7.79. The van der Waals surface area contributed by atoms with Crippen LogP contribution in [0.3, 0.4) is 0 Å². The second-order valence-electron chi connectivity index (χ2n) is 7.79. The number of nitro groups is 1. The molecule has 36 heavy (non-hydrogen) atoms. The predicted molar refractivity (Wildman–Crippen MR) is 132 cm³/mol. The molecule has 4 aromatic rings. The summed E-state index contributed by atoms with van der Waals surface area (Å²) in [7, 11) is 1.54. The van der Waals surface area contributed by atoms with Crippen molar-refractivity contribution in [1.82, 2.24) is 9.78 Å². The van der Waals surface area contributed by atoms with Crippen molar-refractivity contribution in [3.05, 3.63) is 100 Å². The zero-order valence-electron chi connectivity index (χ0n) is 19.4. The minimum absolute atomic E-state index is 0.0485. The second kappa shape index (κ2) is 11.2. The van der Waals surface area contributed by atoms with Crippen LogP contribution in [0.2, 0.25) is 0 Å². The third kappa shape index (κ3) is 5.91. The zero-order chi connectivity index (χ0) is 25.5. The zero-order valence-corrected chi connectivity index (χ0v) is 19.4. The number of carbonyl (C=O) groups excluding carboxylic acids is 1. The van der Waals surface area contributed by atoms with E-state index in [0.29, 0.717) is 29.2 Å². The normalized spacial score (nSPS) is 10.7. The number of non-ortho nitro benzene ring substituents is 1. The lowest BCUT2D eigenvalue weighted by Crippen LogP contribution is -2.16. The van der Waals surface area contributed by atoms with Crippen LogP contribution in [0.1, 0.15) is 5.56 Å². The smallest absolute Gasteiger partial charge is 0.269 e. The highest BCUT2D eigenvalue weighted by Gasteiger charge is 2.18. The summed E-state index contributed by atoms with van der Waals surface area (Å²) in [4.78, 5) is 23.6. The number of anilines is 1. The molecule has 9 nitrogen and oxygen atoms in total. The number of hydrogen-bond acceptors (Lipinski definition) is 6. The molecule has 10 heteroatoms. The first-order valence-electron chi connectivity index (χ1n) is 11.0. The number of aromatic nitrogens is 2. The van der Waals surface area contributed by atoms with Gasteiger partial charge in [0.15, 0.2) is 0 Å². The highest BCUT2D eigenvalue weighted by Crippen LogP contribution is 2.28. The summed E-state index contributed by atoms with van der Waals surface area (Å²) in [5, 5.41) is 18.4. The van der Waals surface area contributed by atoms with E-state index in [2.05, 4.69) is 10.4 Å². The van der Waals surface area contributed by atoms with E-state index in [1.165, 1.54) is 37.4 Å². The number of nitrogens with one attached hydrogen (secondary N) is 1. The Labute approximate surface area is 206 Å². The molecule has 3 aromatic carbocycles. The minimum atomic E-state index is -0.521. The number of amides is 1. The van der Waals surface area contributed by atoms with Gasteiger partial charge in [-0.3, -0.25) is 14.9 Å². The van der Waals surface area contributed by atoms with Crippen LogP contribution in [0.5, 0.6) is 5.75 Å². The SMILES string of the molecule is COCCOc1ccc(F)cc1NC(=O)Cc1cn(-c2ccccc2)nc1-c1ccc([N+](=O)[O-])cc1. The van der Waals surface area contributed by atoms with Gasteiger partial charge in [-0.15, -0.1) is 0 Å².